The predicted molar refractivity (Wildman–Crippen MR) is 88.0 cm³/mol. The van der Waals surface area contributed by atoms with Gasteiger partial charge in [-0.15, -0.1) is 20.2 Å². The molecule has 0 spiro atoms. The molecule has 0 radical (unpaired) electrons. The van der Waals surface area contributed by atoms with Gasteiger partial charge in [-0.3, -0.25) is 5.41 Å². The lowest BCUT2D eigenvalue weighted by Gasteiger charge is -2.11. The number of aryl methyl sites for hydroxylation is 1. The smallest absolute Gasteiger partial charge is 0.291 e. The van der Waals surface area contributed by atoms with Crippen molar-refractivity contribution in [1.82, 2.24) is 9.55 Å². The first kappa shape index (κ1) is 21.9. The highest BCUT2D eigenvalue weighted by Gasteiger charge is 2.07. The quantitative estimate of drug-likeness (QED) is 0.221. The van der Waals surface area contributed by atoms with Crippen LogP contribution in [-0.2, 0) is 0 Å². The number of rotatable bonds is 3. The van der Waals surface area contributed by atoms with Gasteiger partial charge < -0.3 is 30.8 Å². The number of ether oxygens (including phenoxy) is 1. The molecule has 6 N–H and O–H groups in total. The zero-order valence-electron chi connectivity index (χ0n) is 13.7. The highest BCUT2D eigenvalue weighted by molar-refractivity contribution is 5.90. The minimum atomic E-state index is -1.50. The van der Waals surface area contributed by atoms with Crippen molar-refractivity contribution in [2.24, 2.45) is 5.73 Å². The first-order valence-electron chi connectivity index (χ1n) is 6.53. The normalized spacial score (nSPS) is 8.85. The fourth-order valence-corrected chi connectivity index (χ4v) is 1.68. The number of aromatic nitrogens is 2. The second kappa shape index (κ2) is 10.6. The molecule has 0 saturated heterocycles. The summed E-state index contributed by atoms with van der Waals surface area (Å²) in [5.41, 5.74) is 7.81. The molecule has 2 aromatic rings. The van der Waals surface area contributed by atoms with Crippen LogP contribution in [0.25, 0.3) is 5.69 Å². The number of nitrogens with one attached hydrogen (secondary N) is 2. The van der Waals surface area contributed by atoms with Crippen LogP contribution in [0.3, 0.4) is 0 Å². The molecular formula is C12H17N7O7. The van der Waals surface area contributed by atoms with Crippen LogP contribution in [0, 0.1) is 32.6 Å². The third-order valence-corrected chi connectivity index (χ3v) is 2.45. The summed E-state index contributed by atoms with van der Waals surface area (Å²) in [6.45, 7) is 1.93. The Morgan fingerprint density at radius 3 is 2.27 bits per heavy atom. The van der Waals surface area contributed by atoms with E-state index in [2.05, 4.69) is 10.3 Å². The maximum Gasteiger partial charge on any atom is 0.291 e. The SMILES string of the molecule is COc1cc(NC(=N)N)ccc1-n1cnc(C)c1.O=[N+]([O-])O.O=[N+]([O-])O. The number of hydrogen-bond acceptors (Lipinski definition) is 7. The molecule has 0 aliphatic rings. The first-order chi connectivity index (χ1) is 12.1. The average Bonchev–Trinajstić information content (AvgIpc) is 2.91. The lowest BCUT2D eigenvalue weighted by atomic mass is 10.2. The molecule has 0 bridgehead atoms. The van der Waals surface area contributed by atoms with Crippen molar-refractivity contribution in [2.45, 2.75) is 6.92 Å². The van der Waals surface area contributed by atoms with E-state index in [9.17, 15) is 0 Å². The van der Waals surface area contributed by atoms with Crippen LogP contribution in [0.5, 0.6) is 5.75 Å². The van der Waals surface area contributed by atoms with Crippen molar-refractivity contribution in [1.29, 1.82) is 5.41 Å². The number of benzene rings is 1. The fraction of sp³-hybridized carbons (Fsp3) is 0.167. The third kappa shape index (κ3) is 9.13. The van der Waals surface area contributed by atoms with Gasteiger partial charge in [0.2, 0.25) is 0 Å². The maximum absolute atomic E-state index is 8.36. The molecule has 14 nitrogen and oxygen atoms in total. The third-order valence-electron chi connectivity index (χ3n) is 2.45. The summed E-state index contributed by atoms with van der Waals surface area (Å²) >= 11 is 0. The lowest BCUT2D eigenvalue weighted by molar-refractivity contribution is -0.742. The number of methoxy groups -OCH3 is 1. The van der Waals surface area contributed by atoms with E-state index in [1.54, 1.807) is 19.5 Å². The van der Waals surface area contributed by atoms with Crippen molar-refractivity contribution in [3.05, 3.63) is 56.6 Å². The van der Waals surface area contributed by atoms with Crippen LogP contribution in [0.1, 0.15) is 5.69 Å². The summed E-state index contributed by atoms with van der Waals surface area (Å²) < 4.78 is 7.21. The van der Waals surface area contributed by atoms with Crippen LogP contribution in [0.2, 0.25) is 0 Å². The van der Waals surface area contributed by atoms with Crippen molar-refractivity contribution in [3.63, 3.8) is 0 Å². The standard InChI is InChI=1S/C12H15N5O.2HNO3/c1-8-6-17(7-15-8)10-4-3-9(16-12(13)14)5-11(10)18-2;2*2-1(3)4/h3-7H,1-2H3,(H4,13,14,16);2*(H,2,3,4). The molecule has 0 amide bonds. The second-order valence-corrected chi connectivity index (χ2v) is 4.32. The Morgan fingerprint density at radius 2 is 1.88 bits per heavy atom. The average molecular weight is 371 g/mol. The highest BCUT2D eigenvalue weighted by Crippen LogP contribution is 2.26. The number of nitrogens with two attached hydrogens (primary N) is 1. The topological polar surface area (TPSA) is 216 Å². The molecule has 0 aliphatic carbocycles. The zero-order chi connectivity index (χ0) is 20.3. The Balaban J connectivity index is 0.000000662. The van der Waals surface area contributed by atoms with Gasteiger partial charge in [-0.2, -0.15) is 0 Å². The van der Waals surface area contributed by atoms with Gasteiger partial charge in [0.05, 0.1) is 24.8 Å². The van der Waals surface area contributed by atoms with Gasteiger partial charge in [-0.1, -0.05) is 0 Å². The van der Waals surface area contributed by atoms with Gasteiger partial charge in [0.1, 0.15) is 5.75 Å². The van der Waals surface area contributed by atoms with E-state index in [0.717, 1.165) is 11.4 Å². The minimum Gasteiger partial charge on any atom is -0.494 e. The second-order valence-electron chi connectivity index (χ2n) is 4.32. The van der Waals surface area contributed by atoms with E-state index in [-0.39, 0.29) is 5.96 Å². The number of hydrogen-bond donors (Lipinski definition) is 5. The Labute approximate surface area is 146 Å². The largest absolute Gasteiger partial charge is 0.494 e. The lowest BCUT2D eigenvalue weighted by Crippen LogP contribution is -2.20. The predicted octanol–water partition coefficient (Wildman–Crippen LogP) is 0.799. The van der Waals surface area contributed by atoms with Crippen LogP contribution in [0.15, 0.2) is 30.7 Å². The van der Waals surface area contributed by atoms with Gasteiger partial charge in [0.15, 0.2) is 5.96 Å². The summed E-state index contributed by atoms with van der Waals surface area (Å²) in [7, 11) is 1.60. The monoisotopic (exact) mass is 371 g/mol. The van der Waals surface area contributed by atoms with Crippen molar-refractivity contribution in [2.75, 3.05) is 12.4 Å². The van der Waals surface area contributed by atoms with Crippen LogP contribution in [-0.4, -0.2) is 43.2 Å². The van der Waals surface area contributed by atoms with Crippen LogP contribution >= 0.6 is 0 Å². The molecular weight excluding hydrogens is 354 g/mol. The first-order valence-corrected chi connectivity index (χ1v) is 6.53. The molecule has 1 heterocycles. The molecule has 2 rings (SSSR count). The molecule has 14 heteroatoms. The number of imidazole rings is 1. The van der Waals surface area contributed by atoms with Crippen molar-refractivity contribution >= 4 is 11.6 Å². The zero-order valence-corrected chi connectivity index (χ0v) is 13.7. The molecule has 0 atom stereocenters. The minimum absolute atomic E-state index is 0.108. The molecule has 142 valence electrons. The van der Waals surface area contributed by atoms with E-state index >= 15 is 0 Å². The Bertz CT molecular complexity index is 742. The molecule has 1 aromatic heterocycles. The summed E-state index contributed by atoms with van der Waals surface area (Å²) in [6.07, 6.45) is 3.64. The van der Waals surface area contributed by atoms with E-state index in [1.807, 2.05) is 29.8 Å². The van der Waals surface area contributed by atoms with Gasteiger partial charge in [0, 0.05) is 18.0 Å². The van der Waals surface area contributed by atoms with Crippen LogP contribution in [0.4, 0.5) is 5.69 Å². The maximum atomic E-state index is 8.36. The van der Waals surface area contributed by atoms with E-state index < -0.39 is 10.2 Å². The van der Waals surface area contributed by atoms with Gasteiger partial charge in [-0.25, -0.2) is 4.98 Å². The Hall–Kier alpha value is -4.10. The van der Waals surface area contributed by atoms with Gasteiger partial charge in [-0.05, 0) is 19.1 Å². The van der Waals surface area contributed by atoms with Crippen molar-refractivity contribution in [3.8, 4) is 11.4 Å². The fourth-order valence-electron chi connectivity index (χ4n) is 1.68. The molecule has 1 aromatic carbocycles. The molecule has 0 unspecified atom stereocenters. The van der Waals surface area contributed by atoms with Gasteiger partial charge in [0.25, 0.3) is 10.2 Å². The molecule has 26 heavy (non-hydrogen) atoms. The van der Waals surface area contributed by atoms with Gasteiger partial charge >= 0.3 is 0 Å². The number of guanidine groups is 1. The molecule has 0 saturated carbocycles. The summed E-state index contributed by atoms with van der Waals surface area (Å²) in [5.74, 6) is 0.571. The van der Waals surface area contributed by atoms with E-state index in [4.69, 9.17) is 46.5 Å². The van der Waals surface area contributed by atoms with Crippen LogP contribution < -0.4 is 15.8 Å². The molecule has 0 aliphatic heterocycles. The summed E-state index contributed by atoms with van der Waals surface area (Å²) in [6, 6.07) is 5.49. The van der Waals surface area contributed by atoms with E-state index in [0.29, 0.717) is 11.4 Å². The molecule has 0 fully saturated rings. The van der Waals surface area contributed by atoms with E-state index in [1.165, 1.54) is 0 Å². The highest BCUT2D eigenvalue weighted by atomic mass is 16.9. The summed E-state index contributed by atoms with van der Waals surface area (Å²) in [4.78, 5) is 20.9. The number of nitrogens with zero attached hydrogens (tertiary/aromatic N) is 4. The number of anilines is 1. The summed E-state index contributed by atoms with van der Waals surface area (Å²) in [5, 5.41) is 37.2. The Morgan fingerprint density at radius 1 is 1.35 bits per heavy atom. The Kier molecular flexibility index (Phi) is 8.96. The van der Waals surface area contributed by atoms with Crippen molar-refractivity contribution < 1.29 is 25.3 Å².